The van der Waals surface area contributed by atoms with Gasteiger partial charge in [-0.3, -0.25) is 0 Å². The molecule has 0 aliphatic carbocycles. The maximum atomic E-state index is 12.9. The number of halogens is 6. The molecule has 84 valence electrons. The van der Waals surface area contributed by atoms with Gasteiger partial charge in [-0.2, -0.15) is 17.6 Å². The molecule has 0 bridgehead atoms. The highest BCUT2D eigenvalue weighted by Crippen LogP contribution is 2.49. The lowest BCUT2D eigenvalue weighted by Crippen LogP contribution is -2.31. The van der Waals surface area contributed by atoms with Gasteiger partial charge >= 0.3 is 10.6 Å². The molecule has 0 saturated heterocycles. The second-order valence-electron chi connectivity index (χ2n) is 2.55. The Bertz CT molecular complexity index is 349. The summed E-state index contributed by atoms with van der Waals surface area (Å²) in [5.74, 6) is -0.997. The fourth-order valence-corrected chi connectivity index (χ4v) is 1.54. The number of benzene rings is 1. The Morgan fingerprint density at radius 3 is 2.07 bits per heavy atom. The molecule has 7 heteroatoms. The van der Waals surface area contributed by atoms with Gasteiger partial charge in [-0.1, -0.05) is 12.1 Å². The van der Waals surface area contributed by atoms with Crippen molar-refractivity contribution in [2.24, 2.45) is 0 Å². The smallest absolute Gasteiger partial charge is 0.206 e. The molecule has 0 radical (unpaired) electrons. The molecule has 0 heterocycles. The molecule has 1 aromatic carbocycles. The predicted molar refractivity (Wildman–Crippen MR) is 48.0 cm³/mol. The summed E-state index contributed by atoms with van der Waals surface area (Å²) in [5.41, 5.74) is 0. The zero-order valence-corrected chi connectivity index (χ0v) is 8.56. The van der Waals surface area contributed by atoms with E-state index in [-0.39, 0.29) is 0 Å². The second kappa shape index (κ2) is 4.17. The predicted octanol–water partition coefficient (Wildman–Crippen LogP) is 4.34. The van der Waals surface area contributed by atoms with Gasteiger partial charge in [0.25, 0.3) is 0 Å². The van der Waals surface area contributed by atoms with Gasteiger partial charge in [0.2, 0.25) is 0 Å². The molecule has 0 nitrogen and oxygen atoms in total. The summed E-state index contributed by atoms with van der Waals surface area (Å²) in [5, 5.41) is -9.28. The van der Waals surface area contributed by atoms with E-state index in [1.54, 1.807) is 0 Å². The van der Waals surface area contributed by atoms with Crippen LogP contribution in [0.1, 0.15) is 0 Å². The van der Waals surface area contributed by atoms with E-state index in [9.17, 15) is 22.0 Å². The van der Waals surface area contributed by atoms with E-state index in [4.69, 9.17) is 0 Å². The van der Waals surface area contributed by atoms with Crippen LogP contribution in [0.5, 0.6) is 0 Å². The van der Waals surface area contributed by atoms with Crippen molar-refractivity contribution in [2.75, 3.05) is 0 Å². The number of hydrogen-bond acceptors (Lipinski definition) is 1. The van der Waals surface area contributed by atoms with Crippen LogP contribution >= 0.6 is 23.4 Å². The average Bonchev–Trinajstić information content (AvgIpc) is 2.06. The monoisotopic (exact) mass is 262 g/mol. The third-order valence-corrected chi connectivity index (χ3v) is 2.82. The van der Waals surface area contributed by atoms with E-state index >= 15 is 0 Å². The SMILES string of the molecule is Fc1ccccc1SC(F)(F)C(F)(F)Cl. The Morgan fingerprint density at radius 1 is 1.07 bits per heavy atom. The summed E-state index contributed by atoms with van der Waals surface area (Å²) in [6, 6.07) is 4.38. The molecule has 0 aromatic heterocycles. The van der Waals surface area contributed by atoms with Gasteiger partial charge in [0.1, 0.15) is 5.82 Å². The summed E-state index contributed by atoms with van der Waals surface area (Å²) in [6.45, 7) is 0. The van der Waals surface area contributed by atoms with E-state index in [0.717, 1.165) is 12.1 Å². The molecule has 15 heavy (non-hydrogen) atoms. The molecule has 1 rings (SSSR count). The standard InChI is InChI=1S/C8H4ClF5S/c9-7(11,12)8(13,14)15-6-4-2-1-3-5(6)10/h1-4H. The molecule has 0 unspecified atom stereocenters. The summed E-state index contributed by atoms with van der Waals surface area (Å²) in [6.07, 6.45) is 0. The highest BCUT2D eigenvalue weighted by Gasteiger charge is 2.56. The fraction of sp³-hybridized carbons (Fsp3) is 0.250. The van der Waals surface area contributed by atoms with E-state index in [2.05, 4.69) is 11.6 Å². The maximum Gasteiger partial charge on any atom is 0.394 e. The molecule has 0 aliphatic rings. The summed E-state index contributed by atoms with van der Waals surface area (Å²) in [7, 11) is 0. The number of rotatable bonds is 3. The van der Waals surface area contributed by atoms with Crippen LogP contribution in [-0.4, -0.2) is 10.6 Å². The Kier molecular flexibility index (Phi) is 3.50. The Balaban J connectivity index is 2.92. The molecule has 0 fully saturated rings. The quantitative estimate of drug-likeness (QED) is 0.443. The number of hydrogen-bond donors (Lipinski definition) is 0. The third kappa shape index (κ3) is 2.98. The van der Waals surface area contributed by atoms with E-state index in [1.807, 2.05) is 0 Å². The van der Waals surface area contributed by atoms with Gasteiger partial charge < -0.3 is 0 Å². The molecular formula is C8H4ClF5S. The zero-order valence-electron chi connectivity index (χ0n) is 6.99. The first kappa shape index (κ1) is 12.6. The third-order valence-electron chi connectivity index (χ3n) is 1.40. The van der Waals surface area contributed by atoms with Crippen LogP contribution in [0.2, 0.25) is 0 Å². The van der Waals surface area contributed by atoms with Gasteiger partial charge in [0.05, 0.1) is 0 Å². The largest absolute Gasteiger partial charge is 0.394 e. The number of thioether (sulfide) groups is 1. The van der Waals surface area contributed by atoms with Crippen molar-refractivity contribution < 1.29 is 22.0 Å². The Morgan fingerprint density at radius 2 is 1.60 bits per heavy atom. The van der Waals surface area contributed by atoms with Crippen LogP contribution in [0, 0.1) is 5.82 Å². The van der Waals surface area contributed by atoms with Crippen molar-refractivity contribution in [1.29, 1.82) is 0 Å². The van der Waals surface area contributed by atoms with Crippen LogP contribution in [0.25, 0.3) is 0 Å². The van der Waals surface area contributed by atoms with Gasteiger partial charge in [-0.05, 0) is 35.5 Å². The van der Waals surface area contributed by atoms with Crippen molar-refractivity contribution in [3.63, 3.8) is 0 Å². The molecule has 0 spiro atoms. The van der Waals surface area contributed by atoms with Gasteiger partial charge in [-0.25, -0.2) is 4.39 Å². The Labute approximate surface area is 91.4 Å². The van der Waals surface area contributed by atoms with Crippen molar-refractivity contribution in [1.82, 2.24) is 0 Å². The first-order chi connectivity index (χ1) is 6.74. The topological polar surface area (TPSA) is 0 Å². The first-order valence-electron chi connectivity index (χ1n) is 3.62. The van der Waals surface area contributed by atoms with Crippen molar-refractivity contribution in [3.05, 3.63) is 30.1 Å². The molecule has 0 amide bonds. The van der Waals surface area contributed by atoms with Crippen molar-refractivity contribution >= 4 is 23.4 Å². The minimum Gasteiger partial charge on any atom is -0.206 e. The molecule has 0 aliphatic heterocycles. The van der Waals surface area contributed by atoms with Gasteiger partial charge in [0, 0.05) is 4.90 Å². The molecular weight excluding hydrogens is 259 g/mol. The van der Waals surface area contributed by atoms with E-state index in [0.29, 0.717) is 0 Å². The average molecular weight is 263 g/mol. The van der Waals surface area contributed by atoms with Gasteiger partial charge in [0.15, 0.2) is 0 Å². The van der Waals surface area contributed by atoms with Crippen molar-refractivity contribution in [2.45, 2.75) is 15.5 Å². The number of alkyl halides is 5. The summed E-state index contributed by atoms with van der Waals surface area (Å²) in [4.78, 5) is -0.581. The van der Waals surface area contributed by atoms with Crippen LogP contribution in [-0.2, 0) is 0 Å². The lowest BCUT2D eigenvalue weighted by atomic mass is 10.3. The fourth-order valence-electron chi connectivity index (χ4n) is 0.723. The second-order valence-corrected chi connectivity index (χ2v) is 4.18. The van der Waals surface area contributed by atoms with Crippen LogP contribution < -0.4 is 0 Å². The van der Waals surface area contributed by atoms with Crippen molar-refractivity contribution in [3.8, 4) is 0 Å². The highest BCUT2D eigenvalue weighted by atomic mass is 35.5. The van der Waals surface area contributed by atoms with Crippen LogP contribution in [0.3, 0.4) is 0 Å². The lowest BCUT2D eigenvalue weighted by Gasteiger charge is -2.20. The van der Waals surface area contributed by atoms with Crippen LogP contribution in [0.15, 0.2) is 29.2 Å². The molecule has 0 N–H and O–H groups in total. The van der Waals surface area contributed by atoms with Gasteiger partial charge in [-0.15, -0.1) is 0 Å². The minimum atomic E-state index is -4.72. The highest BCUT2D eigenvalue weighted by molar-refractivity contribution is 8.00. The normalized spacial score (nSPS) is 12.9. The van der Waals surface area contributed by atoms with Crippen LogP contribution in [0.4, 0.5) is 22.0 Å². The summed E-state index contributed by atoms with van der Waals surface area (Å²) < 4.78 is 62.7. The Hall–Kier alpha value is -0.490. The molecule has 0 saturated carbocycles. The molecule has 0 atom stereocenters. The van der Waals surface area contributed by atoms with E-state index < -0.39 is 33.1 Å². The summed E-state index contributed by atoms with van der Waals surface area (Å²) >= 11 is 3.59. The first-order valence-corrected chi connectivity index (χ1v) is 4.81. The minimum absolute atomic E-state index is 0.581. The zero-order chi connectivity index (χ0) is 11.7. The maximum absolute atomic E-state index is 12.9. The van der Waals surface area contributed by atoms with E-state index in [1.165, 1.54) is 12.1 Å². The molecule has 1 aromatic rings. The lowest BCUT2D eigenvalue weighted by molar-refractivity contribution is -0.0898.